The number of carbonyl (C=O) groups excluding carboxylic acids is 1. The molecule has 4 bridgehead atoms. The van der Waals surface area contributed by atoms with Crippen LogP contribution in [0, 0.1) is 11.8 Å². The summed E-state index contributed by atoms with van der Waals surface area (Å²) in [6.07, 6.45) is 4.12. The van der Waals surface area contributed by atoms with E-state index in [4.69, 9.17) is 4.74 Å². The molecule has 4 aliphatic rings. The van der Waals surface area contributed by atoms with E-state index in [2.05, 4.69) is 0 Å². The lowest BCUT2D eigenvalue weighted by atomic mass is 9.65. The molecular formula is C10H14O3. The summed E-state index contributed by atoms with van der Waals surface area (Å²) in [5.41, 5.74) is -0.581. The summed E-state index contributed by atoms with van der Waals surface area (Å²) in [6, 6.07) is 0. The maximum Gasteiger partial charge on any atom is 0.309 e. The molecule has 2 aliphatic heterocycles. The first-order valence-corrected chi connectivity index (χ1v) is 5.07. The van der Waals surface area contributed by atoms with Crippen LogP contribution in [0.1, 0.15) is 32.1 Å². The van der Waals surface area contributed by atoms with E-state index in [1.54, 1.807) is 0 Å². The zero-order valence-electron chi connectivity index (χ0n) is 7.53. The highest BCUT2D eigenvalue weighted by molar-refractivity contribution is 5.73. The highest BCUT2D eigenvalue weighted by Crippen LogP contribution is 2.49. The zero-order chi connectivity index (χ0) is 9.05. The van der Waals surface area contributed by atoms with E-state index in [1.165, 1.54) is 0 Å². The largest absolute Gasteiger partial charge is 0.462 e. The summed E-state index contributed by atoms with van der Waals surface area (Å²) in [5, 5.41) is 10.2. The van der Waals surface area contributed by atoms with Crippen LogP contribution in [-0.2, 0) is 9.53 Å². The van der Waals surface area contributed by atoms with E-state index in [9.17, 15) is 9.90 Å². The van der Waals surface area contributed by atoms with Gasteiger partial charge in [-0.3, -0.25) is 4.79 Å². The Bertz CT molecular complexity index is 263. The third-order valence-electron chi connectivity index (χ3n) is 3.73. The van der Waals surface area contributed by atoms with E-state index < -0.39 is 5.60 Å². The van der Waals surface area contributed by atoms with Crippen molar-refractivity contribution in [2.45, 2.75) is 43.8 Å². The molecule has 0 aromatic rings. The maximum atomic E-state index is 11.5. The fourth-order valence-corrected chi connectivity index (χ4v) is 3.40. The second kappa shape index (κ2) is 2.27. The second-order valence-electron chi connectivity index (χ2n) is 4.93. The van der Waals surface area contributed by atoms with Crippen LogP contribution in [0.5, 0.6) is 0 Å². The van der Waals surface area contributed by atoms with Gasteiger partial charge < -0.3 is 9.84 Å². The van der Waals surface area contributed by atoms with Gasteiger partial charge >= 0.3 is 5.97 Å². The Morgan fingerprint density at radius 2 is 2.15 bits per heavy atom. The first kappa shape index (κ1) is 7.80. The third kappa shape index (κ3) is 1.10. The van der Waals surface area contributed by atoms with Crippen LogP contribution in [0.2, 0.25) is 0 Å². The van der Waals surface area contributed by atoms with Gasteiger partial charge in [-0.25, -0.2) is 0 Å². The second-order valence-corrected chi connectivity index (χ2v) is 4.93. The van der Waals surface area contributed by atoms with E-state index in [-0.39, 0.29) is 18.0 Å². The molecule has 2 aliphatic carbocycles. The number of esters is 1. The molecule has 3 heteroatoms. The van der Waals surface area contributed by atoms with E-state index in [1.807, 2.05) is 0 Å². The Morgan fingerprint density at radius 3 is 2.92 bits per heavy atom. The van der Waals surface area contributed by atoms with E-state index >= 15 is 0 Å². The summed E-state index contributed by atoms with van der Waals surface area (Å²) in [4.78, 5) is 11.5. The average Bonchev–Trinajstić information content (AvgIpc) is 2.12. The Hall–Kier alpha value is -0.570. The van der Waals surface area contributed by atoms with Crippen molar-refractivity contribution >= 4 is 5.97 Å². The lowest BCUT2D eigenvalue weighted by Gasteiger charge is -2.42. The van der Waals surface area contributed by atoms with Crippen molar-refractivity contribution in [3.05, 3.63) is 0 Å². The van der Waals surface area contributed by atoms with Crippen LogP contribution in [0.15, 0.2) is 0 Å². The molecule has 1 N–H and O–H groups in total. The first-order chi connectivity index (χ1) is 6.15. The summed E-state index contributed by atoms with van der Waals surface area (Å²) in [5.74, 6) is 0.438. The smallest absolute Gasteiger partial charge is 0.309 e. The molecule has 0 unspecified atom stereocenters. The van der Waals surface area contributed by atoms with Crippen molar-refractivity contribution in [1.29, 1.82) is 0 Å². The van der Waals surface area contributed by atoms with Gasteiger partial charge in [0.05, 0.1) is 11.5 Å². The van der Waals surface area contributed by atoms with Crippen molar-refractivity contribution < 1.29 is 14.6 Å². The van der Waals surface area contributed by atoms with Crippen molar-refractivity contribution in [1.82, 2.24) is 0 Å². The molecule has 4 atom stereocenters. The van der Waals surface area contributed by atoms with Gasteiger partial charge in [-0.2, -0.15) is 0 Å². The molecule has 0 aromatic carbocycles. The van der Waals surface area contributed by atoms with Gasteiger partial charge in [-0.05, 0) is 31.6 Å². The monoisotopic (exact) mass is 182 g/mol. The molecule has 0 aromatic heterocycles. The summed E-state index contributed by atoms with van der Waals surface area (Å²) in [6.45, 7) is 0. The van der Waals surface area contributed by atoms with Gasteiger partial charge in [0.15, 0.2) is 0 Å². The number of hydrogen-bond donors (Lipinski definition) is 1. The van der Waals surface area contributed by atoms with E-state index in [0.717, 1.165) is 19.3 Å². The number of hydrogen-bond acceptors (Lipinski definition) is 3. The van der Waals surface area contributed by atoms with Gasteiger partial charge in [-0.15, -0.1) is 0 Å². The molecule has 2 heterocycles. The molecule has 13 heavy (non-hydrogen) atoms. The van der Waals surface area contributed by atoms with Crippen LogP contribution in [0.25, 0.3) is 0 Å². The molecule has 0 amide bonds. The molecule has 0 spiro atoms. The SMILES string of the molecule is O=C1O[C@H]2C[C@H]3C[C@H]1C[C@@](O)(C3)C2. The molecule has 4 rings (SSSR count). The van der Waals surface area contributed by atoms with Gasteiger partial charge in [0, 0.05) is 6.42 Å². The van der Waals surface area contributed by atoms with Gasteiger partial charge in [-0.1, -0.05) is 0 Å². The van der Waals surface area contributed by atoms with Crippen LogP contribution < -0.4 is 0 Å². The Morgan fingerprint density at radius 1 is 1.31 bits per heavy atom. The maximum absolute atomic E-state index is 11.5. The van der Waals surface area contributed by atoms with Crippen molar-refractivity contribution in [2.24, 2.45) is 11.8 Å². The van der Waals surface area contributed by atoms with Gasteiger partial charge in [0.1, 0.15) is 6.10 Å². The Balaban J connectivity index is 2.00. The van der Waals surface area contributed by atoms with Crippen LogP contribution >= 0.6 is 0 Å². The Labute approximate surface area is 77.1 Å². The fourth-order valence-electron chi connectivity index (χ4n) is 3.40. The minimum Gasteiger partial charge on any atom is -0.462 e. The van der Waals surface area contributed by atoms with Gasteiger partial charge in [0.2, 0.25) is 0 Å². The molecule has 4 fully saturated rings. The van der Waals surface area contributed by atoms with Crippen LogP contribution in [0.4, 0.5) is 0 Å². The average molecular weight is 182 g/mol. The van der Waals surface area contributed by atoms with Crippen LogP contribution in [-0.4, -0.2) is 22.8 Å². The number of carbonyl (C=O) groups is 1. The standard InChI is InChI=1S/C10H14O3/c11-9-7-1-6-2-8(13-9)5-10(12,3-6)4-7/h6-8,12H,1-5H2/t6-,7+,8+,10+/m1/s1. The van der Waals surface area contributed by atoms with Crippen molar-refractivity contribution in [3.63, 3.8) is 0 Å². The highest BCUT2D eigenvalue weighted by atomic mass is 16.5. The van der Waals surface area contributed by atoms with E-state index in [0.29, 0.717) is 18.8 Å². The molecule has 2 saturated carbocycles. The van der Waals surface area contributed by atoms with Crippen LogP contribution in [0.3, 0.4) is 0 Å². The third-order valence-corrected chi connectivity index (χ3v) is 3.73. The fraction of sp³-hybridized carbons (Fsp3) is 0.900. The molecule has 2 saturated heterocycles. The predicted molar refractivity (Wildman–Crippen MR) is 44.9 cm³/mol. The van der Waals surface area contributed by atoms with Crippen molar-refractivity contribution in [2.75, 3.05) is 0 Å². The highest BCUT2D eigenvalue weighted by Gasteiger charge is 2.51. The zero-order valence-corrected chi connectivity index (χ0v) is 7.53. The minimum absolute atomic E-state index is 0.00347. The minimum atomic E-state index is -0.581. The predicted octanol–water partition coefficient (Wildman–Crippen LogP) is 0.853. The number of aliphatic hydroxyl groups is 1. The number of rotatable bonds is 0. The quantitative estimate of drug-likeness (QED) is 0.565. The van der Waals surface area contributed by atoms with Gasteiger partial charge in [0.25, 0.3) is 0 Å². The molecular weight excluding hydrogens is 168 g/mol. The summed E-state index contributed by atoms with van der Waals surface area (Å²) < 4.78 is 5.30. The molecule has 3 nitrogen and oxygen atoms in total. The first-order valence-electron chi connectivity index (χ1n) is 5.07. The molecule has 0 radical (unpaired) electrons. The number of fused-ring (bicyclic) bond motifs is 1. The van der Waals surface area contributed by atoms with Crippen molar-refractivity contribution in [3.8, 4) is 0 Å². The topological polar surface area (TPSA) is 46.5 Å². The lowest BCUT2D eigenvalue weighted by molar-refractivity contribution is -0.151. The summed E-state index contributed by atoms with van der Waals surface area (Å²) in [7, 11) is 0. The summed E-state index contributed by atoms with van der Waals surface area (Å²) >= 11 is 0. The normalized spacial score (nSPS) is 53.3. The lowest BCUT2D eigenvalue weighted by Crippen LogP contribution is -2.44. The Kier molecular flexibility index (Phi) is 1.36. The number of ether oxygens (including phenoxy) is 1. The molecule has 72 valence electrons.